The standard InChI is InChI=1S/C13H12N2O3S/c1-7-3-4-8(2)10(12(17)18)9(7)11(16)15-13-14-5-6-19-13/h3-6H,1-2H3,(H,17,18)(H,14,15,16). The summed E-state index contributed by atoms with van der Waals surface area (Å²) in [5.41, 5.74) is 1.40. The summed E-state index contributed by atoms with van der Waals surface area (Å²) in [6.45, 7) is 3.38. The second-order valence-electron chi connectivity index (χ2n) is 4.05. The van der Waals surface area contributed by atoms with E-state index in [1.807, 2.05) is 0 Å². The average Bonchev–Trinajstić information content (AvgIpc) is 2.83. The van der Waals surface area contributed by atoms with Crippen molar-refractivity contribution in [3.63, 3.8) is 0 Å². The quantitative estimate of drug-likeness (QED) is 0.903. The highest BCUT2D eigenvalue weighted by Gasteiger charge is 2.21. The fraction of sp³-hybridized carbons (Fsp3) is 0.154. The van der Waals surface area contributed by atoms with Crippen molar-refractivity contribution in [3.05, 3.63) is 46.0 Å². The van der Waals surface area contributed by atoms with Crippen molar-refractivity contribution < 1.29 is 14.7 Å². The topological polar surface area (TPSA) is 79.3 Å². The SMILES string of the molecule is Cc1ccc(C)c(C(=O)Nc2nccs2)c1C(=O)O. The fourth-order valence-electron chi connectivity index (χ4n) is 1.82. The van der Waals surface area contributed by atoms with Gasteiger partial charge in [-0.3, -0.25) is 10.1 Å². The summed E-state index contributed by atoms with van der Waals surface area (Å²) in [6, 6.07) is 3.43. The molecular formula is C13H12N2O3S. The lowest BCUT2D eigenvalue weighted by Crippen LogP contribution is -2.19. The molecule has 0 saturated heterocycles. The van der Waals surface area contributed by atoms with Crippen LogP contribution in [0.15, 0.2) is 23.7 Å². The summed E-state index contributed by atoms with van der Waals surface area (Å²) < 4.78 is 0. The number of hydrogen-bond donors (Lipinski definition) is 2. The number of carbonyl (C=O) groups is 2. The highest BCUT2D eigenvalue weighted by molar-refractivity contribution is 7.13. The smallest absolute Gasteiger partial charge is 0.336 e. The van der Waals surface area contributed by atoms with Gasteiger partial charge in [-0.2, -0.15) is 0 Å². The number of amides is 1. The molecular weight excluding hydrogens is 264 g/mol. The molecule has 0 aliphatic carbocycles. The predicted molar refractivity (Wildman–Crippen MR) is 72.9 cm³/mol. The fourth-order valence-corrected chi connectivity index (χ4v) is 2.35. The first-order chi connectivity index (χ1) is 9.00. The number of aromatic nitrogens is 1. The Kier molecular flexibility index (Phi) is 3.62. The molecule has 1 aromatic carbocycles. The van der Waals surface area contributed by atoms with Crippen molar-refractivity contribution in [1.82, 2.24) is 4.98 Å². The molecule has 2 N–H and O–H groups in total. The normalized spacial score (nSPS) is 10.2. The number of hydrogen-bond acceptors (Lipinski definition) is 4. The number of carboxylic acid groups (broad SMARTS) is 1. The van der Waals surface area contributed by atoms with Gasteiger partial charge in [0.2, 0.25) is 0 Å². The molecule has 0 fully saturated rings. The first-order valence-electron chi connectivity index (χ1n) is 5.55. The number of carboxylic acids is 1. The van der Waals surface area contributed by atoms with Crippen LogP contribution in [0, 0.1) is 13.8 Å². The van der Waals surface area contributed by atoms with E-state index in [-0.39, 0.29) is 11.1 Å². The van der Waals surface area contributed by atoms with Crippen LogP contribution in [0.5, 0.6) is 0 Å². The van der Waals surface area contributed by atoms with E-state index < -0.39 is 11.9 Å². The van der Waals surface area contributed by atoms with E-state index in [4.69, 9.17) is 0 Å². The maximum absolute atomic E-state index is 12.2. The molecule has 2 aromatic rings. The zero-order valence-corrected chi connectivity index (χ0v) is 11.2. The molecule has 19 heavy (non-hydrogen) atoms. The van der Waals surface area contributed by atoms with E-state index in [1.54, 1.807) is 37.6 Å². The lowest BCUT2D eigenvalue weighted by molar-refractivity contribution is 0.0691. The average molecular weight is 276 g/mol. The first kappa shape index (κ1) is 13.2. The van der Waals surface area contributed by atoms with Gasteiger partial charge in [0.1, 0.15) is 0 Å². The van der Waals surface area contributed by atoms with Crippen LogP contribution in [-0.4, -0.2) is 22.0 Å². The summed E-state index contributed by atoms with van der Waals surface area (Å²) >= 11 is 1.28. The van der Waals surface area contributed by atoms with Crippen molar-refractivity contribution in [2.24, 2.45) is 0 Å². The van der Waals surface area contributed by atoms with Crippen LogP contribution in [0.2, 0.25) is 0 Å². The first-order valence-corrected chi connectivity index (χ1v) is 6.43. The Balaban J connectivity index is 2.46. The second-order valence-corrected chi connectivity index (χ2v) is 4.94. The molecule has 2 rings (SSSR count). The van der Waals surface area contributed by atoms with Crippen molar-refractivity contribution >= 4 is 28.3 Å². The van der Waals surface area contributed by atoms with Gasteiger partial charge in [0, 0.05) is 11.6 Å². The highest BCUT2D eigenvalue weighted by atomic mass is 32.1. The Morgan fingerprint density at radius 1 is 1.21 bits per heavy atom. The van der Waals surface area contributed by atoms with Crippen molar-refractivity contribution in [1.29, 1.82) is 0 Å². The summed E-state index contributed by atoms with van der Waals surface area (Å²) in [6.07, 6.45) is 1.57. The molecule has 0 aliphatic rings. The van der Waals surface area contributed by atoms with Gasteiger partial charge in [-0.1, -0.05) is 12.1 Å². The molecule has 6 heteroatoms. The lowest BCUT2D eigenvalue weighted by Gasteiger charge is -2.11. The van der Waals surface area contributed by atoms with E-state index >= 15 is 0 Å². The number of aromatic carboxylic acids is 1. The van der Waals surface area contributed by atoms with Gasteiger partial charge in [0.05, 0.1) is 11.1 Å². The third kappa shape index (κ3) is 2.63. The van der Waals surface area contributed by atoms with Crippen molar-refractivity contribution in [2.75, 3.05) is 5.32 Å². The van der Waals surface area contributed by atoms with Crippen LogP contribution in [0.3, 0.4) is 0 Å². The molecule has 0 atom stereocenters. The second kappa shape index (κ2) is 5.19. The Labute approximate surface area is 113 Å². The van der Waals surface area contributed by atoms with Gasteiger partial charge in [-0.15, -0.1) is 11.3 Å². The van der Waals surface area contributed by atoms with E-state index in [2.05, 4.69) is 10.3 Å². The molecule has 0 spiro atoms. The molecule has 0 aliphatic heterocycles. The van der Waals surface area contributed by atoms with Crippen LogP contribution in [-0.2, 0) is 0 Å². The molecule has 98 valence electrons. The number of nitrogens with zero attached hydrogens (tertiary/aromatic N) is 1. The molecule has 0 unspecified atom stereocenters. The predicted octanol–water partition coefficient (Wildman–Crippen LogP) is 2.71. The number of nitrogens with one attached hydrogen (secondary N) is 1. The van der Waals surface area contributed by atoms with Gasteiger partial charge in [0.15, 0.2) is 5.13 Å². The minimum Gasteiger partial charge on any atom is -0.478 e. The molecule has 0 saturated carbocycles. The number of aryl methyl sites for hydroxylation is 2. The maximum Gasteiger partial charge on any atom is 0.336 e. The molecule has 0 bridgehead atoms. The van der Waals surface area contributed by atoms with Crippen LogP contribution < -0.4 is 5.32 Å². The molecule has 1 heterocycles. The van der Waals surface area contributed by atoms with Gasteiger partial charge >= 0.3 is 5.97 Å². The Bertz CT molecular complexity index is 636. The number of anilines is 1. The van der Waals surface area contributed by atoms with Gasteiger partial charge < -0.3 is 5.11 Å². The van der Waals surface area contributed by atoms with Gasteiger partial charge in [-0.25, -0.2) is 9.78 Å². The highest BCUT2D eigenvalue weighted by Crippen LogP contribution is 2.21. The molecule has 0 radical (unpaired) electrons. The monoisotopic (exact) mass is 276 g/mol. The van der Waals surface area contributed by atoms with Crippen LogP contribution in [0.4, 0.5) is 5.13 Å². The Morgan fingerprint density at radius 2 is 1.84 bits per heavy atom. The van der Waals surface area contributed by atoms with Crippen LogP contribution in [0.1, 0.15) is 31.8 Å². The molecule has 1 amide bonds. The number of thiazole rings is 1. The third-order valence-electron chi connectivity index (χ3n) is 2.72. The number of benzene rings is 1. The van der Waals surface area contributed by atoms with E-state index in [9.17, 15) is 14.7 Å². The van der Waals surface area contributed by atoms with E-state index in [0.717, 1.165) is 0 Å². The minimum absolute atomic E-state index is 0.0362. The molecule has 1 aromatic heterocycles. The largest absolute Gasteiger partial charge is 0.478 e. The summed E-state index contributed by atoms with van der Waals surface area (Å²) in [5, 5.41) is 14.0. The molecule has 5 nitrogen and oxygen atoms in total. The Morgan fingerprint density at radius 3 is 2.37 bits per heavy atom. The zero-order chi connectivity index (χ0) is 14.0. The number of carbonyl (C=O) groups excluding carboxylic acids is 1. The number of rotatable bonds is 3. The van der Waals surface area contributed by atoms with Gasteiger partial charge in [0.25, 0.3) is 5.91 Å². The van der Waals surface area contributed by atoms with Gasteiger partial charge in [-0.05, 0) is 25.0 Å². The van der Waals surface area contributed by atoms with Crippen LogP contribution >= 0.6 is 11.3 Å². The van der Waals surface area contributed by atoms with Crippen LogP contribution in [0.25, 0.3) is 0 Å². The van der Waals surface area contributed by atoms with Crippen molar-refractivity contribution in [3.8, 4) is 0 Å². The third-order valence-corrected chi connectivity index (χ3v) is 3.40. The lowest BCUT2D eigenvalue weighted by atomic mass is 9.96. The summed E-state index contributed by atoms with van der Waals surface area (Å²) in [5.74, 6) is -1.56. The van der Waals surface area contributed by atoms with E-state index in [0.29, 0.717) is 16.3 Å². The van der Waals surface area contributed by atoms with E-state index in [1.165, 1.54) is 11.3 Å². The maximum atomic E-state index is 12.2. The van der Waals surface area contributed by atoms with Crippen molar-refractivity contribution in [2.45, 2.75) is 13.8 Å². The summed E-state index contributed by atoms with van der Waals surface area (Å²) in [7, 11) is 0. The minimum atomic E-state index is -1.11. The zero-order valence-electron chi connectivity index (χ0n) is 10.4. The summed E-state index contributed by atoms with van der Waals surface area (Å²) in [4.78, 5) is 27.5. The Hall–Kier alpha value is -2.21.